The first-order chi connectivity index (χ1) is 10.2. The van der Waals surface area contributed by atoms with Gasteiger partial charge in [0.2, 0.25) is 0 Å². The number of nitrogen functional groups attached to an aromatic ring is 1. The number of aryl methyl sites for hydroxylation is 1. The fraction of sp³-hybridized carbons (Fsp3) is 0.133. The van der Waals surface area contributed by atoms with E-state index in [1.807, 2.05) is 0 Å². The van der Waals surface area contributed by atoms with Gasteiger partial charge in [0.1, 0.15) is 0 Å². The Morgan fingerprint density at radius 1 is 1.18 bits per heavy atom. The fourth-order valence-corrected chi connectivity index (χ4v) is 2.04. The van der Waals surface area contributed by atoms with Crippen molar-refractivity contribution in [3.05, 3.63) is 58.1 Å². The van der Waals surface area contributed by atoms with Crippen molar-refractivity contribution >= 4 is 28.9 Å². The van der Waals surface area contributed by atoms with E-state index in [4.69, 9.17) is 17.3 Å². The summed E-state index contributed by atoms with van der Waals surface area (Å²) in [5, 5.41) is 2.19. The van der Waals surface area contributed by atoms with Crippen molar-refractivity contribution in [3.63, 3.8) is 0 Å². The van der Waals surface area contributed by atoms with Crippen molar-refractivity contribution in [2.24, 2.45) is 0 Å². The van der Waals surface area contributed by atoms with Crippen LogP contribution in [0.4, 0.5) is 24.5 Å². The number of carbonyl (C=O) groups excluding carboxylic acids is 1. The first-order valence-corrected chi connectivity index (χ1v) is 6.60. The number of halogens is 4. The molecule has 0 bridgehead atoms. The summed E-state index contributed by atoms with van der Waals surface area (Å²) >= 11 is 5.59. The highest BCUT2D eigenvalue weighted by Crippen LogP contribution is 2.36. The Labute approximate surface area is 129 Å². The van der Waals surface area contributed by atoms with Gasteiger partial charge in [-0.15, -0.1) is 0 Å². The van der Waals surface area contributed by atoms with Crippen molar-refractivity contribution in [2.45, 2.75) is 13.1 Å². The summed E-state index contributed by atoms with van der Waals surface area (Å²) in [5.74, 6) is -0.657. The van der Waals surface area contributed by atoms with Gasteiger partial charge in [-0.2, -0.15) is 13.2 Å². The van der Waals surface area contributed by atoms with Gasteiger partial charge in [0.25, 0.3) is 5.91 Å². The Kier molecular flexibility index (Phi) is 4.32. The summed E-state index contributed by atoms with van der Waals surface area (Å²) in [4.78, 5) is 12.1. The molecule has 116 valence electrons. The zero-order valence-electron chi connectivity index (χ0n) is 11.5. The van der Waals surface area contributed by atoms with Crippen LogP contribution in [0.15, 0.2) is 36.4 Å². The highest BCUT2D eigenvalue weighted by Gasteiger charge is 2.34. The van der Waals surface area contributed by atoms with Gasteiger partial charge in [-0.1, -0.05) is 11.6 Å². The molecule has 0 atom stereocenters. The standard InChI is InChI=1S/C15H12ClF3N2O/c1-8-6-9(2-4-12(8)20)14(22)21-13-5-3-10(16)7-11(13)15(17,18)19/h2-7H,20H2,1H3,(H,21,22). The molecule has 0 saturated carbocycles. The highest BCUT2D eigenvalue weighted by atomic mass is 35.5. The maximum Gasteiger partial charge on any atom is 0.418 e. The van der Waals surface area contributed by atoms with Gasteiger partial charge in [-0.25, -0.2) is 0 Å². The lowest BCUT2D eigenvalue weighted by molar-refractivity contribution is -0.136. The molecule has 0 aromatic heterocycles. The molecule has 0 fully saturated rings. The third-order valence-electron chi connectivity index (χ3n) is 3.07. The van der Waals surface area contributed by atoms with Gasteiger partial charge in [0, 0.05) is 16.3 Å². The molecule has 2 aromatic carbocycles. The third kappa shape index (κ3) is 3.51. The molecule has 0 unspecified atom stereocenters. The molecule has 0 aliphatic carbocycles. The second kappa shape index (κ2) is 5.88. The Hall–Kier alpha value is -2.21. The van der Waals surface area contributed by atoms with Crippen LogP contribution in [0.2, 0.25) is 5.02 Å². The summed E-state index contributed by atoms with van der Waals surface area (Å²) in [6, 6.07) is 7.64. The number of nitrogens with two attached hydrogens (primary N) is 1. The maximum atomic E-state index is 13.0. The van der Waals surface area contributed by atoms with E-state index in [1.54, 1.807) is 6.92 Å². The summed E-state index contributed by atoms with van der Waals surface area (Å²) in [6.45, 7) is 1.70. The molecule has 3 N–H and O–H groups in total. The quantitative estimate of drug-likeness (QED) is 0.797. The molecule has 2 aromatic rings. The monoisotopic (exact) mass is 328 g/mol. The Morgan fingerprint density at radius 3 is 2.45 bits per heavy atom. The number of anilines is 2. The number of hydrogen-bond donors (Lipinski definition) is 2. The first kappa shape index (κ1) is 16.2. The predicted octanol–water partition coefficient (Wildman–Crippen LogP) is 4.50. The minimum Gasteiger partial charge on any atom is -0.399 e. The highest BCUT2D eigenvalue weighted by molar-refractivity contribution is 6.30. The lowest BCUT2D eigenvalue weighted by atomic mass is 10.1. The van der Waals surface area contributed by atoms with E-state index in [9.17, 15) is 18.0 Å². The molecule has 0 heterocycles. The molecule has 0 radical (unpaired) electrons. The summed E-state index contributed by atoms with van der Waals surface area (Å²) in [5.41, 5.74) is 5.68. The van der Waals surface area contributed by atoms with Gasteiger partial charge in [0.15, 0.2) is 0 Å². The molecular weight excluding hydrogens is 317 g/mol. The minimum absolute atomic E-state index is 0.0614. The molecule has 0 aliphatic rings. The number of nitrogens with one attached hydrogen (secondary N) is 1. The average molecular weight is 329 g/mol. The van der Waals surface area contributed by atoms with E-state index in [0.29, 0.717) is 11.3 Å². The molecule has 0 saturated heterocycles. The Bertz CT molecular complexity index is 729. The van der Waals surface area contributed by atoms with E-state index in [-0.39, 0.29) is 16.3 Å². The van der Waals surface area contributed by atoms with E-state index in [2.05, 4.69) is 5.32 Å². The second-order valence-electron chi connectivity index (χ2n) is 4.71. The molecule has 3 nitrogen and oxygen atoms in total. The second-order valence-corrected chi connectivity index (χ2v) is 5.15. The molecule has 0 spiro atoms. The third-order valence-corrected chi connectivity index (χ3v) is 3.30. The normalized spacial score (nSPS) is 11.3. The first-order valence-electron chi connectivity index (χ1n) is 6.22. The molecule has 1 amide bonds. The number of amides is 1. The number of alkyl halides is 3. The number of benzene rings is 2. The molecular formula is C15H12ClF3N2O. The van der Waals surface area contributed by atoms with Crippen molar-refractivity contribution in [2.75, 3.05) is 11.1 Å². The van der Waals surface area contributed by atoms with Crippen molar-refractivity contribution in [1.29, 1.82) is 0 Å². The van der Waals surface area contributed by atoms with Crippen LogP contribution in [-0.2, 0) is 6.18 Å². The SMILES string of the molecule is Cc1cc(C(=O)Nc2ccc(Cl)cc2C(F)(F)F)ccc1N. The molecule has 7 heteroatoms. The lowest BCUT2D eigenvalue weighted by Crippen LogP contribution is -2.17. The molecule has 22 heavy (non-hydrogen) atoms. The van der Waals surface area contributed by atoms with E-state index < -0.39 is 17.6 Å². The average Bonchev–Trinajstić information content (AvgIpc) is 2.42. The van der Waals surface area contributed by atoms with Crippen LogP contribution in [0.3, 0.4) is 0 Å². The van der Waals surface area contributed by atoms with Gasteiger partial charge in [0.05, 0.1) is 11.3 Å². The van der Waals surface area contributed by atoms with E-state index in [1.165, 1.54) is 24.3 Å². The lowest BCUT2D eigenvalue weighted by Gasteiger charge is -2.14. The van der Waals surface area contributed by atoms with Crippen LogP contribution in [0.25, 0.3) is 0 Å². The van der Waals surface area contributed by atoms with Crippen molar-refractivity contribution in [1.82, 2.24) is 0 Å². The van der Waals surface area contributed by atoms with Crippen LogP contribution in [0.1, 0.15) is 21.5 Å². The smallest absolute Gasteiger partial charge is 0.399 e. The fourth-order valence-electron chi connectivity index (χ4n) is 1.87. The van der Waals surface area contributed by atoms with Gasteiger partial charge in [-0.3, -0.25) is 4.79 Å². The Morgan fingerprint density at radius 2 is 1.86 bits per heavy atom. The van der Waals surface area contributed by atoms with Crippen LogP contribution < -0.4 is 11.1 Å². The maximum absolute atomic E-state index is 13.0. The van der Waals surface area contributed by atoms with Gasteiger partial charge < -0.3 is 11.1 Å². The van der Waals surface area contributed by atoms with Crippen LogP contribution in [0, 0.1) is 6.92 Å². The number of hydrogen-bond acceptors (Lipinski definition) is 2. The molecule has 2 rings (SSSR count). The van der Waals surface area contributed by atoms with Crippen LogP contribution >= 0.6 is 11.6 Å². The summed E-state index contributed by atoms with van der Waals surface area (Å²) < 4.78 is 38.9. The summed E-state index contributed by atoms with van der Waals surface area (Å²) in [6.07, 6.45) is -4.62. The van der Waals surface area contributed by atoms with Gasteiger partial charge in [-0.05, 0) is 48.9 Å². The minimum atomic E-state index is -4.62. The molecule has 0 aliphatic heterocycles. The number of rotatable bonds is 2. The van der Waals surface area contributed by atoms with Crippen molar-refractivity contribution in [3.8, 4) is 0 Å². The zero-order chi connectivity index (χ0) is 16.5. The predicted molar refractivity (Wildman–Crippen MR) is 80.0 cm³/mol. The topological polar surface area (TPSA) is 55.1 Å². The van der Waals surface area contributed by atoms with E-state index in [0.717, 1.165) is 12.1 Å². The van der Waals surface area contributed by atoms with Crippen molar-refractivity contribution < 1.29 is 18.0 Å². The van der Waals surface area contributed by atoms with Gasteiger partial charge >= 0.3 is 6.18 Å². The number of carbonyl (C=O) groups is 1. The zero-order valence-corrected chi connectivity index (χ0v) is 12.2. The van der Waals surface area contributed by atoms with Crippen LogP contribution in [0.5, 0.6) is 0 Å². The van der Waals surface area contributed by atoms with E-state index >= 15 is 0 Å². The summed E-state index contributed by atoms with van der Waals surface area (Å²) in [7, 11) is 0. The Balaban J connectivity index is 2.34. The largest absolute Gasteiger partial charge is 0.418 e. The van der Waals surface area contributed by atoms with Crippen LogP contribution in [-0.4, -0.2) is 5.91 Å².